The number of aldehydes is 1. The van der Waals surface area contributed by atoms with Crippen LogP contribution in [0, 0.1) is 6.92 Å². The quantitative estimate of drug-likeness (QED) is 0.771. The topological polar surface area (TPSA) is 30.0 Å². The molecule has 2 nitrogen and oxygen atoms in total. The highest BCUT2D eigenvalue weighted by molar-refractivity contribution is 5.86. The minimum atomic E-state index is -4.41. The Labute approximate surface area is 107 Å². The van der Waals surface area contributed by atoms with Gasteiger partial charge in [-0.1, -0.05) is 17.7 Å². The lowest BCUT2D eigenvalue weighted by Crippen LogP contribution is -2.05. The first-order valence-electron chi connectivity index (χ1n) is 5.51. The third-order valence-electron chi connectivity index (χ3n) is 2.70. The number of alkyl halides is 3. The van der Waals surface area contributed by atoms with Gasteiger partial charge in [-0.05, 0) is 25.1 Å². The van der Waals surface area contributed by atoms with Crippen molar-refractivity contribution in [3.05, 3.63) is 53.2 Å². The lowest BCUT2D eigenvalue weighted by atomic mass is 10.0. The zero-order valence-corrected chi connectivity index (χ0v) is 10.0. The molecule has 0 atom stereocenters. The summed E-state index contributed by atoms with van der Waals surface area (Å²) < 4.78 is 37.3. The van der Waals surface area contributed by atoms with Gasteiger partial charge in [-0.15, -0.1) is 0 Å². The maximum Gasteiger partial charge on any atom is 0.417 e. The van der Waals surface area contributed by atoms with E-state index in [0.29, 0.717) is 23.1 Å². The number of halogens is 3. The second-order valence-corrected chi connectivity index (χ2v) is 4.14. The van der Waals surface area contributed by atoms with Gasteiger partial charge in [0.25, 0.3) is 0 Å². The number of aromatic nitrogens is 1. The van der Waals surface area contributed by atoms with Crippen LogP contribution >= 0.6 is 0 Å². The minimum absolute atomic E-state index is 0.343. The maximum absolute atomic E-state index is 12.4. The van der Waals surface area contributed by atoms with Crippen LogP contribution < -0.4 is 0 Å². The predicted octanol–water partition coefficient (Wildman–Crippen LogP) is 3.89. The van der Waals surface area contributed by atoms with Gasteiger partial charge in [0.1, 0.15) is 0 Å². The van der Waals surface area contributed by atoms with Crippen LogP contribution in [0.15, 0.2) is 36.5 Å². The fraction of sp³-hybridized carbons (Fsp3) is 0.143. The molecule has 0 radical (unpaired) electrons. The average Bonchev–Trinajstić information content (AvgIpc) is 2.37. The standard InChI is InChI=1S/C14H10F3NO/c1-9-2-4-12(10(6-9)8-19)13-5-3-11(7-18-13)14(15,16)17/h2-8H,1H3. The van der Waals surface area contributed by atoms with Crippen LogP contribution in [-0.2, 0) is 6.18 Å². The molecule has 0 N–H and O–H groups in total. The second-order valence-electron chi connectivity index (χ2n) is 4.14. The number of hydrogen-bond donors (Lipinski definition) is 0. The van der Waals surface area contributed by atoms with E-state index < -0.39 is 11.7 Å². The number of hydrogen-bond acceptors (Lipinski definition) is 2. The third-order valence-corrected chi connectivity index (χ3v) is 2.70. The summed E-state index contributed by atoms with van der Waals surface area (Å²) in [5, 5.41) is 0. The number of pyridine rings is 1. The molecule has 19 heavy (non-hydrogen) atoms. The van der Waals surface area contributed by atoms with Crippen LogP contribution in [-0.4, -0.2) is 11.3 Å². The molecule has 0 bridgehead atoms. The number of rotatable bonds is 2. The highest BCUT2D eigenvalue weighted by Gasteiger charge is 2.30. The van der Waals surface area contributed by atoms with Crippen molar-refractivity contribution < 1.29 is 18.0 Å². The molecular formula is C14H10F3NO. The van der Waals surface area contributed by atoms with Gasteiger partial charge >= 0.3 is 6.18 Å². The van der Waals surface area contributed by atoms with E-state index in [1.54, 1.807) is 18.2 Å². The third kappa shape index (κ3) is 2.81. The molecule has 0 amide bonds. The Hall–Kier alpha value is -2.17. The zero-order valence-electron chi connectivity index (χ0n) is 10.0. The Morgan fingerprint density at radius 3 is 2.42 bits per heavy atom. The average molecular weight is 265 g/mol. The molecule has 0 aliphatic rings. The van der Waals surface area contributed by atoms with Crippen LogP contribution in [0.4, 0.5) is 13.2 Å². The summed E-state index contributed by atoms with van der Waals surface area (Å²) in [6.45, 7) is 1.83. The minimum Gasteiger partial charge on any atom is -0.298 e. The predicted molar refractivity (Wildman–Crippen MR) is 64.8 cm³/mol. The summed E-state index contributed by atoms with van der Waals surface area (Å²) in [5.41, 5.74) is 1.37. The smallest absolute Gasteiger partial charge is 0.298 e. The van der Waals surface area contributed by atoms with E-state index >= 15 is 0 Å². The Bertz CT molecular complexity index is 603. The fourth-order valence-corrected chi connectivity index (χ4v) is 1.73. The van der Waals surface area contributed by atoms with Gasteiger partial charge in [0.2, 0.25) is 0 Å². The SMILES string of the molecule is Cc1ccc(-c2ccc(C(F)(F)F)cn2)c(C=O)c1. The monoisotopic (exact) mass is 265 g/mol. The van der Waals surface area contributed by atoms with Crippen molar-refractivity contribution >= 4 is 6.29 Å². The van der Waals surface area contributed by atoms with Crippen molar-refractivity contribution in [1.29, 1.82) is 0 Å². The molecule has 0 aliphatic carbocycles. The molecule has 0 aliphatic heterocycles. The first-order chi connectivity index (χ1) is 8.91. The van der Waals surface area contributed by atoms with Crippen LogP contribution in [0.3, 0.4) is 0 Å². The normalized spacial score (nSPS) is 11.4. The van der Waals surface area contributed by atoms with E-state index in [1.807, 2.05) is 6.92 Å². The van der Waals surface area contributed by atoms with Gasteiger partial charge in [-0.3, -0.25) is 9.78 Å². The van der Waals surface area contributed by atoms with Crippen molar-refractivity contribution in [2.24, 2.45) is 0 Å². The van der Waals surface area contributed by atoms with Gasteiger partial charge in [0, 0.05) is 17.3 Å². The van der Waals surface area contributed by atoms with Crippen LogP contribution in [0.25, 0.3) is 11.3 Å². The number of nitrogens with zero attached hydrogens (tertiary/aromatic N) is 1. The molecule has 0 spiro atoms. The number of carbonyl (C=O) groups is 1. The molecule has 1 aromatic heterocycles. The van der Waals surface area contributed by atoms with Gasteiger partial charge in [-0.2, -0.15) is 13.2 Å². The number of aryl methyl sites for hydroxylation is 1. The molecule has 5 heteroatoms. The second kappa shape index (κ2) is 4.84. The molecular weight excluding hydrogens is 255 g/mol. The van der Waals surface area contributed by atoms with E-state index in [-0.39, 0.29) is 0 Å². The largest absolute Gasteiger partial charge is 0.417 e. The Kier molecular flexibility index (Phi) is 3.38. The molecule has 1 aromatic carbocycles. The van der Waals surface area contributed by atoms with Gasteiger partial charge in [0.15, 0.2) is 6.29 Å². The van der Waals surface area contributed by atoms with E-state index in [2.05, 4.69) is 4.98 Å². The van der Waals surface area contributed by atoms with E-state index in [9.17, 15) is 18.0 Å². The Morgan fingerprint density at radius 2 is 1.89 bits per heavy atom. The Balaban J connectivity index is 2.46. The summed E-state index contributed by atoms with van der Waals surface area (Å²) in [6.07, 6.45) is -2.97. The van der Waals surface area contributed by atoms with Gasteiger partial charge < -0.3 is 0 Å². The maximum atomic E-state index is 12.4. The van der Waals surface area contributed by atoms with Crippen LogP contribution in [0.2, 0.25) is 0 Å². The first-order valence-corrected chi connectivity index (χ1v) is 5.51. The highest BCUT2D eigenvalue weighted by Crippen LogP contribution is 2.30. The molecule has 98 valence electrons. The fourth-order valence-electron chi connectivity index (χ4n) is 1.73. The molecule has 0 saturated carbocycles. The summed E-state index contributed by atoms with van der Waals surface area (Å²) in [5.74, 6) is 0. The highest BCUT2D eigenvalue weighted by atomic mass is 19.4. The van der Waals surface area contributed by atoms with Crippen molar-refractivity contribution in [2.45, 2.75) is 13.1 Å². The summed E-state index contributed by atoms with van der Waals surface area (Å²) in [4.78, 5) is 14.7. The van der Waals surface area contributed by atoms with E-state index in [0.717, 1.165) is 17.8 Å². The summed E-state index contributed by atoms with van der Waals surface area (Å²) in [6, 6.07) is 7.34. The van der Waals surface area contributed by atoms with E-state index in [4.69, 9.17) is 0 Å². The first kappa shape index (κ1) is 13.3. The zero-order chi connectivity index (χ0) is 14.0. The molecule has 0 saturated heterocycles. The van der Waals surface area contributed by atoms with Crippen molar-refractivity contribution in [1.82, 2.24) is 4.98 Å². The summed E-state index contributed by atoms with van der Waals surface area (Å²) >= 11 is 0. The van der Waals surface area contributed by atoms with Crippen molar-refractivity contribution in [3.63, 3.8) is 0 Å². The summed E-state index contributed by atoms with van der Waals surface area (Å²) in [7, 11) is 0. The van der Waals surface area contributed by atoms with Gasteiger partial charge in [-0.25, -0.2) is 0 Å². The molecule has 0 fully saturated rings. The molecule has 2 rings (SSSR count). The van der Waals surface area contributed by atoms with Crippen LogP contribution in [0.5, 0.6) is 0 Å². The lowest BCUT2D eigenvalue weighted by Gasteiger charge is -2.08. The Morgan fingerprint density at radius 1 is 1.16 bits per heavy atom. The van der Waals surface area contributed by atoms with Crippen molar-refractivity contribution in [3.8, 4) is 11.3 Å². The van der Waals surface area contributed by atoms with E-state index in [1.165, 1.54) is 6.07 Å². The van der Waals surface area contributed by atoms with Crippen LogP contribution in [0.1, 0.15) is 21.5 Å². The number of carbonyl (C=O) groups excluding carboxylic acids is 1. The molecule has 1 heterocycles. The molecule has 0 unspecified atom stereocenters. The van der Waals surface area contributed by atoms with Crippen molar-refractivity contribution in [2.75, 3.05) is 0 Å². The number of benzene rings is 1. The molecule has 2 aromatic rings. The lowest BCUT2D eigenvalue weighted by molar-refractivity contribution is -0.137. The van der Waals surface area contributed by atoms with Gasteiger partial charge in [0.05, 0.1) is 11.3 Å².